The minimum Gasteiger partial charge on any atom is -0.459 e. The average molecular weight is 217 g/mol. The molecule has 1 aromatic carbocycles. The molecule has 0 unspecified atom stereocenters. The van der Waals surface area contributed by atoms with Crippen molar-refractivity contribution < 1.29 is 4.42 Å². The number of hydrogen-bond acceptors (Lipinski definition) is 2. The number of furan rings is 1. The molecule has 0 amide bonds. The van der Waals surface area contributed by atoms with Crippen LogP contribution in [0, 0.1) is 12.8 Å². The van der Waals surface area contributed by atoms with E-state index in [4.69, 9.17) is 10.2 Å². The number of rotatable bonds is 3. The van der Waals surface area contributed by atoms with E-state index >= 15 is 0 Å². The monoisotopic (exact) mass is 217 g/mol. The van der Waals surface area contributed by atoms with E-state index in [9.17, 15) is 0 Å². The second kappa shape index (κ2) is 4.30. The van der Waals surface area contributed by atoms with E-state index in [2.05, 4.69) is 39.0 Å². The topological polar surface area (TPSA) is 39.2 Å². The average Bonchev–Trinajstić information content (AvgIpc) is 2.61. The second-order valence-corrected chi connectivity index (χ2v) is 4.88. The van der Waals surface area contributed by atoms with Crippen LogP contribution in [0.2, 0.25) is 0 Å². The fraction of sp³-hybridized carbons (Fsp3) is 0.429. The number of fused-ring (bicyclic) bond motifs is 1. The highest BCUT2D eigenvalue weighted by Gasteiger charge is 2.14. The molecule has 0 saturated heterocycles. The van der Waals surface area contributed by atoms with E-state index in [-0.39, 0.29) is 6.04 Å². The molecular weight excluding hydrogens is 198 g/mol. The predicted molar refractivity (Wildman–Crippen MR) is 67.3 cm³/mol. The molecule has 1 heterocycles. The fourth-order valence-electron chi connectivity index (χ4n) is 2.04. The maximum absolute atomic E-state index is 6.12. The SMILES string of the molecule is Cc1cccc2cc([C@@H](N)CC(C)C)oc12. The molecule has 0 aliphatic rings. The van der Waals surface area contributed by atoms with E-state index in [1.807, 2.05) is 6.07 Å². The van der Waals surface area contributed by atoms with Crippen LogP contribution in [-0.2, 0) is 0 Å². The highest BCUT2D eigenvalue weighted by atomic mass is 16.3. The maximum atomic E-state index is 6.12. The van der Waals surface area contributed by atoms with Gasteiger partial charge in [0.1, 0.15) is 11.3 Å². The van der Waals surface area contributed by atoms with Crippen molar-refractivity contribution in [1.29, 1.82) is 0 Å². The lowest BCUT2D eigenvalue weighted by atomic mass is 10.0. The van der Waals surface area contributed by atoms with E-state index in [0.717, 1.165) is 23.2 Å². The van der Waals surface area contributed by atoms with Crippen LogP contribution < -0.4 is 5.73 Å². The maximum Gasteiger partial charge on any atom is 0.137 e. The van der Waals surface area contributed by atoms with Crippen LogP contribution in [0.15, 0.2) is 28.7 Å². The van der Waals surface area contributed by atoms with E-state index in [0.29, 0.717) is 5.92 Å². The van der Waals surface area contributed by atoms with Gasteiger partial charge < -0.3 is 10.2 Å². The molecule has 2 heteroatoms. The standard InChI is InChI=1S/C14H19NO/c1-9(2)7-12(15)13-8-11-6-4-5-10(3)14(11)16-13/h4-6,8-9,12H,7,15H2,1-3H3/t12-/m0/s1. The third-order valence-corrected chi connectivity index (χ3v) is 2.85. The normalized spacial score (nSPS) is 13.6. The van der Waals surface area contributed by atoms with E-state index in [1.54, 1.807) is 0 Å². The molecule has 0 bridgehead atoms. The first kappa shape index (κ1) is 11.2. The summed E-state index contributed by atoms with van der Waals surface area (Å²) in [5.41, 5.74) is 8.25. The molecule has 16 heavy (non-hydrogen) atoms. The first-order valence-corrected chi connectivity index (χ1v) is 5.82. The molecule has 0 radical (unpaired) electrons. The summed E-state index contributed by atoms with van der Waals surface area (Å²) in [7, 11) is 0. The minimum absolute atomic E-state index is 0.00630. The summed E-state index contributed by atoms with van der Waals surface area (Å²) >= 11 is 0. The number of aryl methyl sites for hydroxylation is 1. The Morgan fingerprint density at radius 2 is 2.06 bits per heavy atom. The van der Waals surface area contributed by atoms with Crippen LogP contribution in [0.3, 0.4) is 0 Å². The summed E-state index contributed by atoms with van der Waals surface area (Å²) in [4.78, 5) is 0. The van der Waals surface area contributed by atoms with Gasteiger partial charge in [0.2, 0.25) is 0 Å². The number of benzene rings is 1. The van der Waals surface area contributed by atoms with Gasteiger partial charge in [0.05, 0.1) is 6.04 Å². The Morgan fingerprint density at radius 3 is 2.69 bits per heavy atom. The fourth-order valence-corrected chi connectivity index (χ4v) is 2.04. The van der Waals surface area contributed by atoms with Crippen molar-refractivity contribution >= 4 is 11.0 Å². The molecule has 0 saturated carbocycles. The predicted octanol–water partition coefficient (Wildman–Crippen LogP) is 3.79. The smallest absolute Gasteiger partial charge is 0.137 e. The summed E-state index contributed by atoms with van der Waals surface area (Å²) in [6, 6.07) is 8.24. The molecule has 1 aromatic heterocycles. The molecule has 86 valence electrons. The molecular formula is C14H19NO. The Morgan fingerprint density at radius 1 is 1.31 bits per heavy atom. The molecule has 1 atom stereocenters. The summed E-state index contributed by atoms with van der Waals surface area (Å²) in [5.74, 6) is 1.49. The van der Waals surface area contributed by atoms with Crippen LogP contribution >= 0.6 is 0 Å². The van der Waals surface area contributed by atoms with Crippen molar-refractivity contribution in [1.82, 2.24) is 0 Å². The van der Waals surface area contributed by atoms with E-state index < -0.39 is 0 Å². The van der Waals surface area contributed by atoms with Gasteiger partial charge in [-0.3, -0.25) is 0 Å². The van der Waals surface area contributed by atoms with Gasteiger partial charge in [-0.25, -0.2) is 0 Å². The quantitative estimate of drug-likeness (QED) is 0.849. The molecule has 0 fully saturated rings. The van der Waals surface area contributed by atoms with Crippen LogP contribution in [0.4, 0.5) is 0 Å². The largest absolute Gasteiger partial charge is 0.459 e. The Kier molecular flexibility index (Phi) is 3.01. The van der Waals surface area contributed by atoms with Gasteiger partial charge in [-0.15, -0.1) is 0 Å². The highest BCUT2D eigenvalue weighted by molar-refractivity contribution is 5.80. The zero-order valence-electron chi connectivity index (χ0n) is 10.2. The summed E-state index contributed by atoms with van der Waals surface area (Å²) < 4.78 is 5.84. The third kappa shape index (κ3) is 2.12. The Bertz CT molecular complexity index is 484. The lowest BCUT2D eigenvalue weighted by Crippen LogP contribution is -2.11. The zero-order chi connectivity index (χ0) is 11.7. The highest BCUT2D eigenvalue weighted by Crippen LogP contribution is 2.27. The first-order chi connectivity index (χ1) is 7.58. The summed E-state index contributed by atoms with van der Waals surface area (Å²) in [5, 5.41) is 1.15. The Hall–Kier alpha value is -1.28. The van der Waals surface area contributed by atoms with Crippen molar-refractivity contribution in [3.8, 4) is 0 Å². The van der Waals surface area contributed by atoms with Crippen LogP contribution in [0.25, 0.3) is 11.0 Å². The van der Waals surface area contributed by atoms with Gasteiger partial charge in [-0.1, -0.05) is 32.0 Å². The molecule has 0 spiro atoms. The van der Waals surface area contributed by atoms with Crippen molar-refractivity contribution in [2.75, 3.05) is 0 Å². The zero-order valence-corrected chi connectivity index (χ0v) is 10.2. The lowest BCUT2D eigenvalue weighted by Gasteiger charge is -2.10. The molecule has 2 aromatic rings. The van der Waals surface area contributed by atoms with Crippen molar-refractivity contribution in [2.45, 2.75) is 33.2 Å². The van der Waals surface area contributed by atoms with Crippen molar-refractivity contribution in [3.63, 3.8) is 0 Å². The van der Waals surface area contributed by atoms with Gasteiger partial charge >= 0.3 is 0 Å². The molecule has 2 N–H and O–H groups in total. The molecule has 0 aliphatic heterocycles. The molecule has 2 rings (SSSR count). The van der Waals surface area contributed by atoms with E-state index in [1.165, 1.54) is 5.56 Å². The number of para-hydroxylation sites is 1. The summed E-state index contributed by atoms with van der Waals surface area (Å²) in [6.45, 7) is 6.41. The third-order valence-electron chi connectivity index (χ3n) is 2.85. The van der Waals surface area contributed by atoms with Gasteiger partial charge in [0, 0.05) is 5.39 Å². The van der Waals surface area contributed by atoms with Crippen molar-refractivity contribution in [3.05, 3.63) is 35.6 Å². The first-order valence-electron chi connectivity index (χ1n) is 5.82. The Balaban J connectivity index is 2.36. The Labute approximate surface area is 96.4 Å². The number of nitrogens with two attached hydrogens (primary N) is 1. The van der Waals surface area contributed by atoms with Gasteiger partial charge in [0.25, 0.3) is 0 Å². The van der Waals surface area contributed by atoms with Gasteiger partial charge in [-0.05, 0) is 30.9 Å². The van der Waals surface area contributed by atoms with Crippen LogP contribution in [0.1, 0.15) is 37.6 Å². The molecule has 0 aliphatic carbocycles. The van der Waals surface area contributed by atoms with Crippen LogP contribution in [-0.4, -0.2) is 0 Å². The molecule has 2 nitrogen and oxygen atoms in total. The minimum atomic E-state index is 0.00630. The lowest BCUT2D eigenvalue weighted by molar-refractivity contribution is 0.431. The van der Waals surface area contributed by atoms with Crippen molar-refractivity contribution in [2.24, 2.45) is 11.7 Å². The van der Waals surface area contributed by atoms with Gasteiger partial charge in [-0.2, -0.15) is 0 Å². The second-order valence-electron chi connectivity index (χ2n) is 4.88. The van der Waals surface area contributed by atoms with Crippen LogP contribution in [0.5, 0.6) is 0 Å². The number of hydrogen-bond donors (Lipinski definition) is 1. The summed E-state index contributed by atoms with van der Waals surface area (Å²) in [6.07, 6.45) is 0.957. The van der Waals surface area contributed by atoms with Gasteiger partial charge in [0.15, 0.2) is 0 Å².